The summed E-state index contributed by atoms with van der Waals surface area (Å²) in [5.74, 6) is 1.94. The zero-order chi connectivity index (χ0) is 41.9. The van der Waals surface area contributed by atoms with Crippen LogP contribution in [0, 0.1) is 0 Å². The van der Waals surface area contributed by atoms with Gasteiger partial charge in [0.15, 0.2) is 17.5 Å². The molecule has 0 bridgehead atoms. The highest BCUT2D eigenvalue weighted by molar-refractivity contribution is 6.31. The molecule has 10 aromatic carbocycles. The molecule has 4 aromatic heterocycles. The van der Waals surface area contributed by atoms with E-state index >= 15 is 0 Å². The first-order valence-corrected chi connectivity index (χ1v) is 21.8. The summed E-state index contributed by atoms with van der Waals surface area (Å²) < 4.78 is 5.07. The van der Waals surface area contributed by atoms with Gasteiger partial charge in [0, 0.05) is 49.0 Å². The van der Waals surface area contributed by atoms with Crippen molar-refractivity contribution >= 4 is 87.0 Å². The van der Waals surface area contributed by atoms with Crippen LogP contribution in [0.15, 0.2) is 212 Å². The molecule has 0 aliphatic rings. The molecule has 0 saturated carbocycles. The Morgan fingerprint density at radius 1 is 0.250 bits per heavy atom. The second-order valence-corrected chi connectivity index (χ2v) is 16.8. The molecule has 14 rings (SSSR count). The van der Waals surface area contributed by atoms with Crippen LogP contribution in [-0.4, -0.2) is 23.8 Å². The molecule has 14 aromatic rings. The molecule has 0 atom stereocenters. The molecule has 0 fully saturated rings. The Balaban J connectivity index is 1.03. The maximum absolute atomic E-state index is 4.99. The van der Waals surface area contributed by atoms with Gasteiger partial charge in [-0.25, -0.2) is 15.0 Å². The molecule has 64 heavy (non-hydrogen) atoms. The number of nitrogens with zero attached hydrogens (tertiary/aromatic N) is 5. The van der Waals surface area contributed by atoms with E-state index in [0.717, 1.165) is 27.8 Å². The van der Waals surface area contributed by atoms with E-state index in [1.54, 1.807) is 0 Å². The summed E-state index contributed by atoms with van der Waals surface area (Å²) in [6.45, 7) is 0. The summed E-state index contributed by atoms with van der Waals surface area (Å²) in [7, 11) is 0. The Kier molecular flexibility index (Phi) is 7.33. The lowest BCUT2D eigenvalue weighted by molar-refractivity contribution is 1.07. The summed E-state index contributed by atoms with van der Waals surface area (Å²) >= 11 is 0. The largest absolute Gasteiger partial charge is 0.307 e. The number of rotatable bonds is 4. The first-order chi connectivity index (χ1) is 31.7. The van der Waals surface area contributed by atoms with Crippen molar-refractivity contribution in [3.05, 3.63) is 212 Å². The van der Waals surface area contributed by atoms with Crippen LogP contribution in [0.4, 0.5) is 0 Å². The van der Waals surface area contributed by atoms with E-state index in [1.165, 1.54) is 87.0 Å². The van der Waals surface area contributed by atoms with Crippen molar-refractivity contribution in [2.24, 2.45) is 0 Å². The standard InChI is InChI=1S/C59H35N5/c1-3-14-37(15-4-1)57-60-58(38-16-5-2-6-17-38)62-59(61-57)39-28-26-36(27-29-39)42-30-31-51-47(33-42)45-23-13-25-52-55(45)64(51)53-35-41-19-8-7-18-40(41)32-48(53)49-34-43-20-9-10-21-44(43)54-46-22-11-12-24-50(46)63(52)56(49)54/h1-35H. The lowest BCUT2D eigenvalue weighted by Crippen LogP contribution is -2.00. The number of para-hydroxylation sites is 2. The number of fused-ring (bicyclic) bond motifs is 13. The van der Waals surface area contributed by atoms with E-state index < -0.39 is 0 Å². The fourth-order valence-electron chi connectivity index (χ4n) is 10.3. The van der Waals surface area contributed by atoms with E-state index in [9.17, 15) is 0 Å². The maximum Gasteiger partial charge on any atom is 0.164 e. The van der Waals surface area contributed by atoms with Gasteiger partial charge in [-0.3, -0.25) is 0 Å². The molecular weight excluding hydrogens is 779 g/mol. The fraction of sp³-hybridized carbons (Fsp3) is 0. The smallest absolute Gasteiger partial charge is 0.164 e. The van der Waals surface area contributed by atoms with Gasteiger partial charge >= 0.3 is 0 Å². The van der Waals surface area contributed by atoms with E-state index in [0.29, 0.717) is 17.5 Å². The van der Waals surface area contributed by atoms with Crippen LogP contribution in [-0.2, 0) is 0 Å². The second-order valence-electron chi connectivity index (χ2n) is 16.8. The third-order valence-corrected chi connectivity index (χ3v) is 13.2. The predicted molar refractivity (Wildman–Crippen MR) is 266 cm³/mol. The van der Waals surface area contributed by atoms with Crippen LogP contribution in [0.25, 0.3) is 132 Å². The summed E-state index contributed by atoms with van der Waals surface area (Å²) in [5.41, 5.74) is 12.3. The first-order valence-electron chi connectivity index (χ1n) is 21.8. The molecule has 0 aliphatic heterocycles. The van der Waals surface area contributed by atoms with Crippen molar-refractivity contribution in [2.45, 2.75) is 0 Å². The molecule has 5 heteroatoms. The van der Waals surface area contributed by atoms with E-state index in [4.69, 9.17) is 15.0 Å². The minimum absolute atomic E-state index is 0.641. The Morgan fingerprint density at radius 2 is 0.734 bits per heavy atom. The molecule has 4 heterocycles. The van der Waals surface area contributed by atoms with Crippen molar-refractivity contribution in [1.82, 2.24) is 23.8 Å². The van der Waals surface area contributed by atoms with Crippen LogP contribution in [0.3, 0.4) is 0 Å². The summed E-state index contributed by atoms with van der Waals surface area (Å²) in [6.07, 6.45) is 0. The van der Waals surface area contributed by atoms with Gasteiger partial charge < -0.3 is 8.80 Å². The normalized spacial score (nSPS) is 12.1. The minimum atomic E-state index is 0.641. The minimum Gasteiger partial charge on any atom is -0.307 e. The molecule has 5 nitrogen and oxygen atoms in total. The quantitative estimate of drug-likeness (QED) is 0.178. The Labute approximate surface area is 366 Å². The van der Waals surface area contributed by atoms with Crippen molar-refractivity contribution in [1.29, 1.82) is 0 Å². The average molecular weight is 814 g/mol. The second kappa shape index (κ2) is 13.4. The molecule has 0 radical (unpaired) electrons. The van der Waals surface area contributed by atoms with Gasteiger partial charge in [-0.1, -0.05) is 170 Å². The lowest BCUT2D eigenvalue weighted by Gasteiger charge is -2.13. The van der Waals surface area contributed by atoms with Crippen LogP contribution >= 0.6 is 0 Å². The van der Waals surface area contributed by atoms with E-state index in [2.05, 4.69) is 160 Å². The Morgan fingerprint density at radius 3 is 1.45 bits per heavy atom. The highest BCUT2D eigenvalue weighted by Crippen LogP contribution is 2.44. The summed E-state index contributed by atoms with van der Waals surface area (Å²) in [5, 5.41) is 12.4. The van der Waals surface area contributed by atoms with Gasteiger partial charge in [0.05, 0.1) is 33.1 Å². The lowest BCUT2D eigenvalue weighted by atomic mass is 9.98. The third kappa shape index (κ3) is 5.09. The highest BCUT2D eigenvalue weighted by atomic mass is 15.0. The molecule has 296 valence electrons. The van der Waals surface area contributed by atoms with E-state index in [1.807, 2.05) is 60.7 Å². The van der Waals surface area contributed by atoms with Crippen LogP contribution in [0.2, 0.25) is 0 Å². The first kappa shape index (κ1) is 35.0. The summed E-state index contributed by atoms with van der Waals surface area (Å²) in [4.78, 5) is 14.9. The van der Waals surface area contributed by atoms with Gasteiger partial charge in [-0.05, 0) is 75.1 Å². The zero-order valence-corrected chi connectivity index (χ0v) is 34.4. The van der Waals surface area contributed by atoms with Crippen LogP contribution in [0.1, 0.15) is 0 Å². The number of aromatic nitrogens is 5. The Bertz CT molecular complexity index is 4170. The van der Waals surface area contributed by atoms with Crippen molar-refractivity contribution in [2.75, 3.05) is 0 Å². The van der Waals surface area contributed by atoms with Gasteiger partial charge in [-0.15, -0.1) is 0 Å². The zero-order valence-electron chi connectivity index (χ0n) is 34.4. The third-order valence-electron chi connectivity index (χ3n) is 13.2. The molecular formula is C59H35N5. The van der Waals surface area contributed by atoms with Crippen molar-refractivity contribution in [3.8, 4) is 45.3 Å². The number of hydrogen-bond acceptors (Lipinski definition) is 3. The van der Waals surface area contributed by atoms with Gasteiger partial charge in [0.1, 0.15) is 0 Å². The predicted octanol–water partition coefficient (Wildman–Crippen LogP) is 15.1. The maximum atomic E-state index is 4.99. The van der Waals surface area contributed by atoms with Crippen molar-refractivity contribution < 1.29 is 0 Å². The topological polar surface area (TPSA) is 47.5 Å². The molecule has 0 amide bonds. The molecule has 0 spiro atoms. The molecule has 0 aliphatic carbocycles. The highest BCUT2D eigenvalue weighted by Gasteiger charge is 2.22. The average Bonchev–Trinajstić information content (AvgIpc) is 3.89. The molecule has 0 N–H and O–H groups in total. The Hall–Kier alpha value is -8.67. The van der Waals surface area contributed by atoms with E-state index in [-0.39, 0.29) is 0 Å². The van der Waals surface area contributed by atoms with Gasteiger partial charge in [0.2, 0.25) is 0 Å². The fourth-order valence-corrected chi connectivity index (χ4v) is 10.3. The summed E-state index contributed by atoms with van der Waals surface area (Å²) in [6, 6.07) is 76.5. The SMILES string of the molecule is c1ccc(-c2nc(-c3ccccc3)nc(-c3ccc(-c4ccc5c(c4)c4cccc6c4n5c4cc5ccccc5cc4c4cc5ccccc5c5c7ccccc7n6c45)cc3)n2)cc1. The number of benzene rings is 10. The van der Waals surface area contributed by atoms with Crippen LogP contribution in [0.5, 0.6) is 0 Å². The van der Waals surface area contributed by atoms with Gasteiger partial charge in [-0.2, -0.15) is 0 Å². The number of hydrogen-bond donors (Lipinski definition) is 0. The molecule has 0 unspecified atom stereocenters. The monoisotopic (exact) mass is 813 g/mol. The molecule has 0 saturated heterocycles. The van der Waals surface area contributed by atoms with Crippen molar-refractivity contribution in [3.63, 3.8) is 0 Å². The van der Waals surface area contributed by atoms with Gasteiger partial charge in [0.25, 0.3) is 0 Å². The van der Waals surface area contributed by atoms with Crippen LogP contribution < -0.4 is 0 Å².